The Morgan fingerprint density at radius 3 is 1.65 bits per heavy atom. The van der Waals surface area contributed by atoms with Gasteiger partial charge in [0.15, 0.2) is 5.82 Å². The van der Waals surface area contributed by atoms with Gasteiger partial charge in [-0.05, 0) is 72.8 Å². The minimum absolute atomic E-state index is 0.477. The number of nitrogens with zero attached hydrogens (tertiary/aromatic N) is 8. The fourth-order valence-electron chi connectivity index (χ4n) is 7.10. The maximum absolute atomic E-state index is 9.62. The number of hydrogen-bond acceptors (Lipinski definition) is 8. The fourth-order valence-corrected chi connectivity index (χ4v) is 7.10. The predicted molar refractivity (Wildman–Crippen MR) is 207 cm³/mol. The van der Waals surface area contributed by atoms with E-state index in [0.717, 1.165) is 49.4 Å². The van der Waals surface area contributed by atoms with Crippen LogP contribution in [0.15, 0.2) is 159 Å². The van der Waals surface area contributed by atoms with E-state index in [4.69, 9.17) is 9.47 Å². The van der Waals surface area contributed by atoms with Crippen LogP contribution in [-0.2, 0) is 0 Å². The van der Waals surface area contributed by atoms with Crippen LogP contribution in [0.2, 0.25) is 0 Å². The first kappa shape index (κ1) is 30.9. The van der Waals surface area contributed by atoms with Crippen molar-refractivity contribution in [2.24, 2.45) is 0 Å². The van der Waals surface area contributed by atoms with Gasteiger partial charge in [-0.15, -0.1) is 0 Å². The second kappa shape index (κ2) is 12.7. The minimum atomic E-state index is 0.477. The predicted octanol–water partition coefficient (Wildman–Crippen LogP) is 9.98. The largest absolute Gasteiger partial charge is 0.457 e. The average molecular weight is 699 g/mol. The van der Waals surface area contributed by atoms with E-state index in [0.29, 0.717) is 45.8 Å². The lowest BCUT2D eigenvalue weighted by Gasteiger charge is -2.13. The molecule has 0 fully saturated rings. The van der Waals surface area contributed by atoms with Crippen LogP contribution in [0.3, 0.4) is 0 Å². The summed E-state index contributed by atoms with van der Waals surface area (Å²) in [6.07, 6.45) is 6.37. The van der Waals surface area contributed by atoms with Crippen molar-refractivity contribution in [3.05, 3.63) is 164 Å². The molecule has 254 valence electrons. The first-order valence-corrected chi connectivity index (χ1v) is 17.2. The molecule has 0 atom stereocenters. The van der Waals surface area contributed by atoms with Crippen LogP contribution in [-0.4, -0.2) is 34.1 Å². The highest BCUT2D eigenvalue weighted by molar-refractivity contribution is 6.10. The lowest BCUT2D eigenvalue weighted by atomic mass is 10.1. The molecule has 0 N–H and O–H groups in total. The Balaban J connectivity index is 1.07. The van der Waals surface area contributed by atoms with Gasteiger partial charge in [-0.1, -0.05) is 42.5 Å². The highest BCUT2D eigenvalue weighted by Gasteiger charge is 2.17. The highest BCUT2D eigenvalue weighted by atomic mass is 16.5. The number of hydrogen-bond donors (Lipinski definition) is 0. The number of ether oxygens (including phenoxy) is 2. The van der Waals surface area contributed by atoms with Crippen molar-refractivity contribution in [1.29, 1.82) is 5.26 Å². The average Bonchev–Trinajstić information content (AvgIpc) is 3.73. The molecule has 0 aliphatic carbocycles. The SMILES string of the molecule is N#Cc1ccnc(-n2c3ccccc3c3ccc(Oc4cc(Oc5ccc6c7ccccc7n(-c7ccccn7)c6c5)cc(-c5ncncn5)c4)cc32)c1. The van der Waals surface area contributed by atoms with Gasteiger partial charge in [-0.3, -0.25) is 9.13 Å². The summed E-state index contributed by atoms with van der Waals surface area (Å²) < 4.78 is 17.4. The molecule has 5 heterocycles. The Morgan fingerprint density at radius 1 is 0.463 bits per heavy atom. The van der Waals surface area contributed by atoms with E-state index in [9.17, 15) is 5.26 Å². The third-order valence-corrected chi connectivity index (χ3v) is 9.38. The van der Waals surface area contributed by atoms with E-state index in [1.807, 2.05) is 97.1 Å². The molecule has 0 amide bonds. The zero-order chi connectivity index (χ0) is 36.0. The van der Waals surface area contributed by atoms with Gasteiger partial charge in [0.25, 0.3) is 0 Å². The standard InChI is InChI=1S/C44H26N8O2/c45-25-28-16-18-48-43(19-28)52-39-10-4-2-8-35(39)37-15-13-31(24-41(37)52)54-33-21-29(44-49-26-46-27-50-44)20-32(22-33)53-30-12-14-36-34-7-1-3-9-38(34)51(40(36)23-30)42-11-5-6-17-47-42/h1-24,26-27H. The third-order valence-electron chi connectivity index (χ3n) is 9.38. The summed E-state index contributed by atoms with van der Waals surface area (Å²) >= 11 is 0. The number of benzene rings is 5. The van der Waals surface area contributed by atoms with E-state index in [1.54, 1.807) is 24.5 Å². The van der Waals surface area contributed by atoms with Crippen LogP contribution in [0, 0.1) is 11.3 Å². The summed E-state index contributed by atoms with van der Waals surface area (Å²) in [6.45, 7) is 0. The maximum atomic E-state index is 9.62. The molecule has 0 saturated carbocycles. The molecule has 0 unspecified atom stereocenters. The van der Waals surface area contributed by atoms with Crippen LogP contribution < -0.4 is 9.47 Å². The fraction of sp³-hybridized carbons (Fsp3) is 0. The smallest absolute Gasteiger partial charge is 0.162 e. The number of pyridine rings is 2. The molecule has 54 heavy (non-hydrogen) atoms. The topological polar surface area (TPSA) is 117 Å². The quantitative estimate of drug-likeness (QED) is 0.161. The Labute approximate surface area is 307 Å². The summed E-state index contributed by atoms with van der Waals surface area (Å²) in [4.78, 5) is 22.1. The third kappa shape index (κ3) is 5.32. The number of nitriles is 1. The first-order valence-electron chi connectivity index (χ1n) is 17.2. The van der Waals surface area contributed by atoms with Gasteiger partial charge >= 0.3 is 0 Å². The van der Waals surface area contributed by atoms with Gasteiger partial charge in [-0.2, -0.15) is 5.26 Å². The lowest BCUT2D eigenvalue weighted by molar-refractivity contribution is 0.461. The Hall–Kier alpha value is -7.90. The molecule has 0 saturated heterocycles. The molecule has 10 heteroatoms. The molecule has 0 spiro atoms. The number of aromatic nitrogens is 7. The van der Waals surface area contributed by atoms with Gasteiger partial charge in [0, 0.05) is 57.7 Å². The molecule has 5 aromatic carbocycles. The van der Waals surface area contributed by atoms with Gasteiger partial charge in [0.2, 0.25) is 0 Å². The van der Waals surface area contributed by atoms with E-state index >= 15 is 0 Å². The van der Waals surface area contributed by atoms with Crippen molar-refractivity contribution in [1.82, 2.24) is 34.1 Å². The highest BCUT2D eigenvalue weighted by Crippen LogP contribution is 2.39. The zero-order valence-corrected chi connectivity index (χ0v) is 28.4. The van der Waals surface area contributed by atoms with Gasteiger partial charge < -0.3 is 9.47 Å². The molecule has 10 aromatic rings. The number of rotatable bonds is 7. The van der Waals surface area contributed by atoms with Crippen molar-refractivity contribution < 1.29 is 9.47 Å². The van der Waals surface area contributed by atoms with E-state index in [2.05, 4.69) is 64.4 Å². The zero-order valence-electron chi connectivity index (χ0n) is 28.4. The van der Waals surface area contributed by atoms with Crippen LogP contribution in [0.1, 0.15) is 5.56 Å². The summed E-state index contributed by atoms with van der Waals surface area (Å²) in [7, 11) is 0. The number of para-hydroxylation sites is 2. The molecule has 0 bridgehead atoms. The normalized spacial score (nSPS) is 11.3. The molecule has 10 rings (SSSR count). The van der Waals surface area contributed by atoms with Gasteiger partial charge in [-0.25, -0.2) is 24.9 Å². The van der Waals surface area contributed by atoms with Crippen LogP contribution >= 0.6 is 0 Å². The second-order valence-electron chi connectivity index (χ2n) is 12.6. The molecular weight excluding hydrogens is 673 g/mol. The van der Waals surface area contributed by atoms with Crippen molar-refractivity contribution in [3.8, 4) is 52.1 Å². The van der Waals surface area contributed by atoms with Crippen molar-refractivity contribution in [2.75, 3.05) is 0 Å². The molecule has 0 aliphatic rings. The lowest BCUT2D eigenvalue weighted by Crippen LogP contribution is -1.98. The van der Waals surface area contributed by atoms with Crippen LogP contribution in [0.4, 0.5) is 0 Å². The first-order chi connectivity index (χ1) is 26.7. The second-order valence-corrected chi connectivity index (χ2v) is 12.6. The molecule has 0 aliphatic heterocycles. The van der Waals surface area contributed by atoms with Gasteiger partial charge in [0.1, 0.15) is 47.3 Å². The Kier molecular flexibility index (Phi) is 7.26. The summed E-state index contributed by atoms with van der Waals surface area (Å²) in [5, 5.41) is 13.9. The minimum Gasteiger partial charge on any atom is -0.457 e. The monoisotopic (exact) mass is 698 g/mol. The van der Waals surface area contributed by atoms with E-state index in [-0.39, 0.29) is 0 Å². The Morgan fingerprint density at radius 2 is 1.04 bits per heavy atom. The Bertz CT molecular complexity index is 3080. The molecular formula is C44H26N8O2. The molecule has 5 aromatic heterocycles. The number of fused-ring (bicyclic) bond motifs is 6. The molecule has 10 nitrogen and oxygen atoms in total. The van der Waals surface area contributed by atoms with Crippen molar-refractivity contribution in [3.63, 3.8) is 0 Å². The maximum Gasteiger partial charge on any atom is 0.162 e. The summed E-state index contributed by atoms with van der Waals surface area (Å²) in [5.41, 5.74) is 5.10. The van der Waals surface area contributed by atoms with Crippen molar-refractivity contribution >= 4 is 43.6 Å². The van der Waals surface area contributed by atoms with Gasteiger partial charge in [0.05, 0.1) is 33.7 Å². The van der Waals surface area contributed by atoms with Crippen molar-refractivity contribution in [2.45, 2.75) is 0 Å². The molecule has 0 radical (unpaired) electrons. The summed E-state index contributed by atoms with van der Waals surface area (Å²) in [5.74, 6) is 4.24. The summed E-state index contributed by atoms with van der Waals surface area (Å²) in [6, 6.07) is 45.7. The van der Waals surface area contributed by atoms with E-state index < -0.39 is 0 Å². The van der Waals surface area contributed by atoms with Crippen LogP contribution in [0.5, 0.6) is 23.0 Å². The van der Waals surface area contributed by atoms with E-state index in [1.165, 1.54) is 12.7 Å². The van der Waals surface area contributed by atoms with Crippen LogP contribution in [0.25, 0.3) is 66.6 Å².